The first-order valence-electron chi connectivity index (χ1n) is 6.27. The SMILES string of the molecule is CC(Cl)C(=O)N1CCN(c2ccc([N+](=O)[O-])nc2)CC1. The van der Waals surface area contributed by atoms with Gasteiger partial charge in [0.05, 0.1) is 5.69 Å². The van der Waals surface area contributed by atoms with E-state index in [0.29, 0.717) is 26.2 Å². The summed E-state index contributed by atoms with van der Waals surface area (Å²) in [7, 11) is 0. The number of anilines is 1. The van der Waals surface area contributed by atoms with E-state index in [4.69, 9.17) is 11.6 Å². The van der Waals surface area contributed by atoms with Crippen LogP contribution in [0.4, 0.5) is 11.5 Å². The fourth-order valence-corrected chi connectivity index (χ4v) is 2.25. The van der Waals surface area contributed by atoms with Crippen molar-refractivity contribution in [3.63, 3.8) is 0 Å². The molecular weight excluding hydrogens is 284 g/mol. The quantitative estimate of drug-likeness (QED) is 0.477. The Kier molecular flexibility index (Phi) is 4.39. The molecule has 0 spiro atoms. The van der Waals surface area contributed by atoms with Crippen LogP contribution in [0.5, 0.6) is 0 Å². The van der Waals surface area contributed by atoms with Gasteiger partial charge in [0.2, 0.25) is 5.91 Å². The zero-order valence-electron chi connectivity index (χ0n) is 11.0. The van der Waals surface area contributed by atoms with Gasteiger partial charge in [-0.25, -0.2) is 0 Å². The Morgan fingerprint density at radius 1 is 1.40 bits per heavy atom. The summed E-state index contributed by atoms with van der Waals surface area (Å²) in [5.41, 5.74) is 0.821. The van der Waals surface area contributed by atoms with Crippen molar-refractivity contribution in [1.82, 2.24) is 9.88 Å². The number of halogens is 1. The Labute approximate surface area is 121 Å². The summed E-state index contributed by atoms with van der Waals surface area (Å²) in [5.74, 6) is -0.230. The average Bonchev–Trinajstić information content (AvgIpc) is 2.46. The van der Waals surface area contributed by atoms with Crippen molar-refractivity contribution < 1.29 is 9.72 Å². The number of carbonyl (C=O) groups excluding carboxylic acids is 1. The second-order valence-corrected chi connectivity index (χ2v) is 5.21. The molecule has 0 N–H and O–H groups in total. The van der Waals surface area contributed by atoms with E-state index in [-0.39, 0.29) is 11.7 Å². The Morgan fingerprint density at radius 2 is 2.05 bits per heavy atom. The highest BCUT2D eigenvalue weighted by Gasteiger charge is 2.24. The number of hydrogen-bond acceptors (Lipinski definition) is 5. The van der Waals surface area contributed by atoms with Crippen molar-refractivity contribution in [3.05, 3.63) is 28.4 Å². The molecule has 0 saturated carbocycles. The number of aromatic nitrogens is 1. The summed E-state index contributed by atoms with van der Waals surface area (Å²) in [6, 6.07) is 3.06. The molecule has 8 heteroatoms. The van der Waals surface area contributed by atoms with Gasteiger partial charge in [-0.2, -0.15) is 0 Å². The molecule has 108 valence electrons. The lowest BCUT2D eigenvalue weighted by atomic mass is 10.2. The zero-order valence-corrected chi connectivity index (χ0v) is 11.8. The van der Waals surface area contributed by atoms with Crippen LogP contribution in [0.15, 0.2) is 18.3 Å². The third-order valence-electron chi connectivity index (χ3n) is 3.22. The van der Waals surface area contributed by atoms with Gasteiger partial charge >= 0.3 is 5.82 Å². The standard InChI is InChI=1S/C12H15ClN4O3/c1-9(13)12(18)16-6-4-15(5-7-16)10-2-3-11(14-8-10)17(19)20/h2-3,8-9H,4-7H2,1H3. The minimum Gasteiger partial charge on any atom is -0.365 e. The molecule has 1 aliphatic heterocycles. The van der Waals surface area contributed by atoms with E-state index in [1.165, 1.54) is 12.3 Å². The van der Waals surface area contributed by atoms with Gasteiger partial charge in [0.15, 0.2) is 6.20 Å². The van der Waals surface area contributed by atoms with Gasteiger partial charge in [0.1, 0.15) is 5.38 Å². The van der Waals surface area contributed by atoms with Crippen LogP contribution in [0.25, 0.3) is 0 Å². The topological polar surface area (TPSA) is 79.6 Å². The van der Waals surface area contributed by atoms with E-state index < -0.39 is 10.3 Å². The number of alkyl halides is 1. The summed E-state index contributed by atoms with van der Waals surface area (Å²) < 4.78 is 0. The molecule has 0 aromatic carbocycles. The Morgan fingerprint density at radius 3 is 2.50 bits per heavy atom. The molecule has 0 aliphatic carbocycles. The minimum atomic E-state index is -0.526. The number of piperazine rings is 1. The van der Waals surface area contributed by atoms with E-state index in [1.807, 2.05) is 4.90 Å². The fourth-order valence-electron chi connectivity index (χ4n) is 2.11. The molecule has 2 rings (SSSR count). The predicted molar refractivity (Wildman–Crippen MR) is 75.0 cm³/mol. The summed E-state index contributed by atoms with van der Waals surface area (Å²) in [5, 5.41) is 10.0. The number of carbonyl (C=O) groups is 1. The molecular formula is C12H15ClN4O3. The maximum Gasteiger partial charge on any atom is 0.363 e. The van der Waals surface area contributed by atoms with E-state index in [0.717, 1.165) is 5.69 Å². The molecule has 1 saturated heterocycles. The number of amides is 1. The van der Waals surface area contributed by atoms with Gasteiger partial charge in [0.25, 0.3) is 0 Å². The molecule has 1 unspecified atom stereocenters. The predicted octanol–water partition coefficient (Wildman–Crippen LogP) is 1.27. The van der Waals surface area contributed by atoms with E-state index in [2.05, 4.69) is 4.98 Å². The van der Waals surface area contributed by atoms with Crippen molar-refractivity contribution >= 4 is 29.0 Å². The Bertz CT molecular complexity index is 498. The molecule has 1 aromatic heterocycles. The average molecular weight is 299 g/mol. The lowest BCUT2D eigenvalue weighted by molar-refractivity contribution is -0.389. The maximum atomic E-state index is 11.7. The lowest BCUT2D eigenvalue weighted by Gasteiger charge is -2.36. The summed E-state index contributed by atoms with van der Waals surface area (Å²) in [6.45, 7) is 4.17. The molecule has 0 bridgehead atoms. The van der Waals surface area contributed by atoms with Gasteiger partial charge in [-0.05, 0) is 22.9 Å². The minimum absolute atomic E-state index is 0.0619. The molecule has 1 fully saturated rings. The van der Waals surface area contributed by atoms with Crippen LogP contribution in [0.2, 0.25) is 0 Å². The van der Waals surface area contributed by atoms with Crippen LogP contribution < -0.4 is 4.90 Å². The van der Waals surface area contributed by atoms with Crippen LogP contribution in [0.1, 0.15) is 6.92 Å². The Hall–Kier alpha value is -1.89. The fraction of sp³-hybridized carbons (Fsp3) is 0.500. The van der Waals surface area contributed by atoms with E-state index in [9.17, 15) is 14.9 Å². The van der Waals surface area contributed by atoms with Gasteiger partial charge in [-0.1, -0.05) is 0 Å². The van der Waals surface area contributed by atoms with Gasteiger partial charge < -0.3 is 19.9 Å². The Balaban J connectivity index is 1.97. The first-order valence-corrected chi connectivity index (χ1v) is 6.71. The smallest absolute Gasteiger partial charge is 0.363 e. The normalized spacial score (nSPS) is 16.9. The number of hydrogen-bond donors (Lipinski definition) is 0. The van der Waals surface area contributed by atoms with Crippen molar-refractivity contribution in [2.24, 2.45) is 0 Å². The second kappa shape index (κ2) is 6.04. The monoisotopic (exact) mass is 298 g/mol. The molecule has 0 radical (unpaired) electrons. The van der Waals surface area contributed by atoms with E-state index in [1.54, 1.807) is 17.9 Å². The van der Waals surface area contributed by atoms with Crippen molar-refractivity contribution in [3.8, 4) is 0 Å². The summed E-state index contributed by atoms with van der Waals surface area (Å²) >= 11 is 5.78. The first-order chi connectivity index (χ1) is 9.49. The van der Waals surface area contributed by atoms with Gasteiger partial charge in [0, 0.05) is 32.2 Å². The number of nitrogens with zero attached hydrogens (tertiary/aromatic N) is 4. The number of rotatable bonds is 3. The second-order valence-electron chi connectivity index (χ2n) is 4.56. The van der Waals surface area contributed by atoms with Crippen LogP contribution in [0.3, 0.4) is 0 Å². The maximum absolute atomic E-state index is 11.7. The highest BCUT2D eigenvalue weighted by molar-refractivity contribution is 6.30. The molecule has 1 aliphatic rings. The largest absolute Gasteiger partial charge is 0.365 e. The van der Waals surface area contributed by atoms with Crippen molar-refractivity contribution in [1.29, 1.82) is 0 Å². The zero-order chi connectivity index (χ0) is 14.7. The lowest BCUT2D eigenvalue weighted by Crippen LogP contribution is -2.50. The molecule has 1 amide bonds. The van der Waals surface area contributed by atoms with E-state index >= 15 is 0 Å². The van der Waals surface area contributed by atoms with Crippen molar-refractivity contribution in [2.75, 3.05) is 31.1 Å². The third kappa shape index (κ3) is 3.16. The van der Waals surface area contributed by atoms with Gasteiger partial charge in [-0.3, -0.25) is 4.79 Å². The first kappa shape index (κ1) is 14.5. The van der Waals surface area contributed by atoms with Crippen molar-refractivity contribution in [2.45, 2.75) is 12.3 Å². The van der Waals surface area contributed by atoms with Crippen LogP contribution in [0, 0.1) is 10.1 Å². The number of nitro groups is 1. The van der Waals surface area contributed by atoms with Crippen LogP contribution in [-0.2, 0) is 4.79 Å². The highest BCUT2D eigenvalue weighted by atomic mass is 35.5. The highest BCUT2D eigenvalue weighted by Crippen LogP contribution is 2.18. The molecule has 1 aromatic rings. The van der Waals surface area contributed by atoms with Gasteiger partial charge in [-0.15, -0.1) is 11.6 Å². The summed E-state index contributed by atoms with van der Waals surface area (Å²) in [4.78, 5) is 29.3. The summed E-state index contributed by atoms with van der Waals surface area (Å²) in [6.07, 6.45) is 1.49. The molecule has 20 heavy (non-hydrogen) atoms. The third-order valence-corrected chi connectivity index (χ3v) is 3.40. The molecule has 7 nitrogen and oxygen atoms in total. The van der Waals surface area contributed by atoms with Crippen LogP contribution >= 0.6 is 11.6 Å². The molecule has 2 heterocycles. The number of pyridine rings is 1. The molecule has 1 atom stereocenters. The van der Waals surface area contributed by atoms with Crippen LogP contribution in [-0.4, -0.2) is 52.3 Å².